The third-order valence-electron chi connectivity index (χ3n) is 3.06. The fraction of sp³-hybridized carbons (Fsp3) is 0.462. The zero-order valence-electron chi connectivity index (χ0n) is 11.2. The molecule has 0 aromatic heterocycles. The first kappa shape index (κ1) is 15.0. The van der Waals surface area contributed by atoms with Crippen LogP contribution in [-0.2, 0) is 30.7 Å². The number of hydrogen-bond acceptors (Lipinski definition) is 5. The molecule has 0 radical (unpaired) electrons. The molecule has 1 fully saturated rings. The quantitative estimate of drug-likeness (QED) is 0.799. The van der Waals surface area contributed by atoms with Crippen molar-refractivity contribution in [1.82, 2.24) is 4.72 Å². The van der Waals surface area contributed by atoms with E-state index < -0.39 is 10.0 Å². The van der Waals surface area contributed by atoms with Gasteiger partial charge in [0, 0.05) is 12.6 Å². The van der Waals surface area contributed by atoms with Gasteiger partial charge < -0.3 is 9.47 Å². The lowest BCUT2D eigenvalue weighted by Gasteiger charge is -2.11. The van der Waals surface area contributed by atoms with E-state index in [0.717, 1.165) is 0 Å². The van der Waals surface area contributed by atoms with Crippen molar-refractivity contribution >= 4 is 16.0 Å². The number of nitrogens with one attached hydrogen (secondary N) is 1. The molecule has 1 unspecified atom stereocenters. The molecule has 1 aromatic rings. The highest BCUT2D eigenvalue weighted by atomic mass is 32.2. The summed E-state index contributed by atoms with van der Waals surface area (Å²) in [6.07, 6.45) is 0.806. The number of sulfonamides is 1. The Balaban J connectivity index is 2.06. The molecule has 7 heteroatoms. The number of ether oxygens (including phenoxy) is 2. The minimum absolute atomic E-state index is 0.126. The molecule has 0 bridgehead atoms. The molecule has 20 heavy (non-hydrogen) atoms. The standard InChI is InChI=1S/C13H17NO5S/c1-18-13(15)8-10-2-4-12(5-3-10)20(16,17)14-11-6-7-19-9-11/h2-5,11,14H,6-9H2,1H3. The summed E-state index contributed by atoms with van der Waals surface area (Å²) >= 11 is 0. The van der Waals surface area contributed by atoms with E-state index in [1.807, 2.05) is 0 Å². The van der Waals surface area contributed by atoms with Gasteiger partial charge in [0.25, 0.3) is 0 Å². The largest absolute Gasteiger partial charge is 0.469 e. The van der Waals surface area contributed by atoms with Gasteiger partial charge >= 0.3 is 5.97 Å². The van der Waals surface area contributed by atoms with Crippen LogP contribution in [0, 0.1) is 0 Å². The summed E-state index contributed by atoms with van der Waals surface area (Å²) in [5, 5.41) is 0. The SMILES string of the molecule is COC(=O)Cc1ccc(S(=O)(=O)NC2CCOC2)cc1. The van der Waals surface area contributed by atoms with Crippen LogP contribution < -0.4 is 4.72 Å². The van der Waals surface area contributed by atoms with Crippen LogP contribution in [0.1, 0.15) is 12.0 Å². The summed E-state index contributed by atoms with van der Waals surface area (Å²) in [7, 11) is -2.23. The van der Waals surface area contributed by atoms with E-state index in [4.69, 9.17) is 4.74 Å². The lowest BCUT2D eigenvalue weighted by molar-refractivity contribution is -0.139. The Morgan fingerprint density at radius 2 is 2.10 bits per heavy atom. The second-order valence-electron chi connectivity index (χ2n) is 4.58. The molecule has 1 aromatic carbocycles. The molecule has 1 atom stereocenters. The predicted molar refractivity (Wildman–Crippen MR) is 71.7 cm³/mol. The lowest BCUT2D eigenvalue weighted by Crippen LogP contribution is -2.34. The Bertz CT molecular complexity index is 561. The molecule has 1 N–H and O–H groups in total. The highest BCUT2D eigenvalue weighted by molar-refractivity contribution is 7.89. The third-order valence-corrected chi connectivity index (χ3v) is 4.60. The Morgan fingerprint density at radius 3 is 2.65 bits per heavy atom. The molecule has 0 amide bonds. The predicted octanol–water partition coefficient (Wildman–Crippen LogP) is 0.469. The van der Waals surface area contributed by atoms with Crippen LogP contribution in [-0.4, -0.2) is 40.8 Å². The summed E-state index contributed by atoms with van der Waals surface area (Å²) in [5.41, 5.74) is 0.708. The molecule has 0 aliphatic carbocycles. The van der Waals surface area contributed by atoms with E-state index >= 15 is 0 Å². The van der Waals surface area contributed by atoms with Crippen LogP contribution in [0.15, 0.2) is 29.2 Å². The first-order valence-electron chi connectivity index (χ1n) is 6.27. The van der Waals surface area contributed by atoms with E-state index in [1.54, 1.807) is 12.1 Å². The van der Waals surface area contributed by atoms with Gasteiger partial charge in [-0.05, 0) is 24.1 Å². The van der Waals surface area contributed by atoms with Gasteiger partial charge in [-0.15, -0.1) is 0 Å². The van der Waals surface area contributed by atoms with Crippen molar-refractivity contribution in [3.63, 3.8) is 0 Å². The van der Waals surface area contributed by atoms with E-state index in [0.29, 0.717) is 25.2 Å². The van der Waals surface area contributed by atoms with Crippen molar-refractivity contribution in [1.29, 1.82) is 0 Å². The number of rotatable bonds is 5. The Labute approximate surface area is 118 Å². The number of carbonyl (C=O) groups is 1. The fourth-order valence-corrected chi connectivity index (χ4v) is 3.20. The maximum absolute atomic E-state index is 12.1. The van der Waals surface area contributed by atoms with E-state index in [9.17, 15) is 13.2 Å². The number of carbonyl (C=O) groups excluding carboxylic acids is 1. The van der Waals surface area contributed by atoms with Crippen LogP contribution >= 0.6 is 0 Å². The highest BCUT2D eigenvalue weighted by Crippen LogP contribution is 2.14. The lowest BCUT2D eigenvalue weighted by atomic mass is 10.2. The van der Waals surface area contributed by atoms with E-state index in [2.05, 4.69) is 9.46 Å². The van der Waals surface area contributed by atoms with Crippen LogP contribution in [0.25, 0.3) is 0 Å². The van der Waals surface area contributed by atoms with Crippen molar-refractivity contribution in [2.24, 2.45) is 0 Å². The van der Waals surface area contributed by atoms with Crippen molar-refractivity contribution in [2.45, 2.75) is 23.8 Å². The summed E-state index contributed by atoms with van der Waals surface area (Å²) in [4.78, 5) is 11.3. The zero-order chi connectivity index (χ0) is 14.6. The van der Waals surface area contributed by atoms with Crippen molar-refractivity contribution in [3.05, 3.63) is 29.8 Å². The van der Waals surface area contributed by atoms with Crippen molar-refractivity contribution < 1.29 is 22.7 Å². The molecular formula is C13H17NO5S. The van der Waals surface area contributed by atoms with Crippen LogP contribution in [0.4, 0.5) is 0 Å². The summed E-state index contributed by atoms with van der Waals surface area (Å²) in [6.45, 7) is 0.977. The average molecular weight is 299 g/mol. The number of esters is 1. The van der Waals surface area contributed by atoms with Gasteiger partial charge in [0.1, 0.15) is 0 Å². The molecule has 1 heterocycles. The molecule has 2 rings (SSSR count). The maximum atomic E-state index is 12.1. The van der Waals surface area contributed by atoms with Crippen LogP contribution in [0.3, 0.4) is 0 Å². The minimum Gasteiger partial charge on any atom is -0.469 e. The smallest absolute Gasteiger partial charge is 0.309 e. The molecular weight excluding hydrogens is 282 g/mol. The topological polar surface area (TPSA) is 81.7 Å². The average Bonchev–Trinajstić information content (AvgIpc) is 2.91. The van der Waals surface area contributed by atoms with Gasteiger partial charge in [0.15, 0.2) is 0 Å². The Hall–Kier alpha value is -1.44. The number of benzene rings is 1. The van der Waals surface area contributed by atoms with Gasteiger partial charge in [0.2, 0.25) is 10.0 Å². The molecule has 0 spiro atoms. The second kappa shape index (κ2) is 6.34. The molecule has 1 saturated heterocycles. The second-order valence-corrected chi connectivity index (χ2v) is 6.29. The van der Waals surface area contributed by atoms with E-state index in [-0.39, 0.29) is 23.3 Å². The fourth-order valence-electron chi connectivity index (χ4n) is 1.94. The molecule has 1 aliphatic heterocycles. The van der Waals surface area contributed by atoms with Gasteiger partial charge in [-0.1, -0.05) is 12.1 Å². The van der Waals surface area contributed by atoms with Gasteiger partial charge in [-0.25, -0.2) is 13.1 Å². The molecule has 1 aliphatic rings. The summed E-state index contributed by atoms with van der Waals surface area (Å²) in [6, 6.07) is 6.01. The van der Waals surface area contributed by atoms with E-state index in [1.165, 1.54) is 19.2 Å². The molecule has 0 saturated carbocycles. The number of hydrogen-bond donors (Lipinski definition) is 1. The highest BCUT2D eigenvalue weighted by Gasteiger charge is 2.23. The van der Waals surface area contributed by atoms with Crippen molar-refractivity contribution in [2.75, 3.05) is 20.3 Å². The van der Waals surface area contributed by atoms with Gasteiger partial charge in [-0.2, -0.15) is 0 Å². The van der Waals surface area contributed by atoms with Gasteiger partial charge in [0.05, 0.1) is 25.0 Å². The van der Waals surface area contributed by atoms with Crippen LogP contribution in [0.5, 0.6) is 0 Å². The minimum atomic E-state index is -3.54. The van der Waals surface area contributed by atoms with Crippen molar-refractivity contribution in [3.8, 4) is 0 Å². The summed E-state index contributed by atoms with van der Waals surface area (Å²) in [5.74, 6) is -0.359. The normalized spacial score (nSPS) is 18.9. The Morgan fingerprint density at radius 1 is 1.40 bits per heavy atom. The third kappa shape index (κ3) is 3.78. The molecule has 6 nitrogen and oxygen atoms in total. The summed E-state index contributed by atoms with van der Waals surface area (Å²) < 4.78 is 36.5. The molecule has 110 valence electrons. The number of methoxy groups -OCH3 is 1. The zero-order valence-corrected chi connectivity index (χ0v) is 12.0. The van der Waals surface area contributed by atoms with Gasteiger partial charge in [-0.3, -0.25) is 4.79 Å². The first-order valence-corrected chi connectivity index (χ1v) is 7.75. The first-order chi connectivity index (χ1) is 9.51. The maximum Gasteiger partial charge on any atom is 0.309 e. The Kier molecular flexibility index (Phi) is 4.74. The van der Waals surface area contributed by atoms with Crippen LogP contribution in [0.2, 0.25) is 0 Å². The monoisotopic (exact) mass is 299 g/mol.